The topological polar surface area (TPSA) is 98.8 Å². The molecule has 34 heavy (non-hydrogen) atoms. The Morgan fingerprint density at radius 2 is 1.26 bits per heavy atom. The Morgan fingerprint density at radius 1 is 0.735 bits per heavy atom. The first-order valence-corrected chi connectivity index (χ1v) is 11.3. The molecule has 6 atom stereocenters. The van der Waals surface area contributed by atoms with Gasteiger partial charge in [-0.1, -0.05) is 24.3 Å². The molecule has 2 aromatic carbocycles. The van der Waals surface area contributed by atoms with Crippen LogP contribution in [0.5, 0.6) is 0 Å². The molecule has 5 rings (SSSR count). The molecule has 0 aromatic heterocycles. The zero-order chi connectivity index (χ0) is 23.7. The van der Waals surface area contributed by atoms with Crippen molar-refractivity contribution in [2.45, 2.75) is 51.0 Å². The number of ether oxygens (including phenoxy) is 7. The second-order valence-corrected chi connectivity index (χ2v) is 8.06. The summed E-state index contributed by atoms with van der Waals surface area (Å²) in [5.41, 5.74) is 2.47. The molecule has 9 heteroatoms. The van der Waals surface area contributed by atoms with Gasteiger partial charge in [0.15, 0.2) is 18.9 Å². The maximum atomic E-state index is 11.9. The zero-order valence-corrected chi connectivity index (χ0v) is 18.9. The van der Waals surface area contributed by atoms with E-state index in [-0.39, 0.29) is 24.1 Å². The van der Waals surface area contributed by atoms with E-state index in [1.165, 1.54) is 0 Å². The fourth-order valence-corrected chi connectivity index (χ4v) is 4.22. The second kappa shape index (κ2) is 9.81. The highest BCUT2D eigenvalue weighted by Gasteiger charge is 2.55. The summed E-state index contributed by atoms with van der Waals surface area (Å²) in [7, 11) is 0. The summed E-state index contributed by atoms with van der Waals surface area (Å²) < 4.78 is 40.1. The molecule has 0 aliphatic carbocycles. The molecule has 3 aliphatic heterocycles. The van der Waals surface area contributed by atoms with Crippen LogP contribution in [0, 0.1) is 0 Å². The van der Waals surface area contributed by atoms with E-state index >= 15 is 0 Å². The highest BCUT2D eigenvalue weighted by molar-refractivity contribution is 5.89. The number of hydrogen-bond donors (Lipinski definition) is 0. The van der Waals surface area contributed by atoms with E-state index in [0.717, 1.165) is 11.1 Å². The number of benzene rings is 2. The van der Waals surface area contributed by atoms with Crippen molar-refractivity contribution in [2.24, 2.45) is 0 Å². The standard InChI is InChI=1S/C25H26O9/c1-3-28-21(26)14-5-9-16(10-6-14)23-30-13-18-19(32-23)20-25(31-18)34-24(33-20)17-11-7-15(8-12-17)22(27)29-4-2/h5-12,18-20,23-25H,3-4,13H2,1-2H3. The zero-order valence-electron chi connectivity index (χ0n) is 18.9. The normalized spacial score (nSPS) is 29.8. The van der Waals surface area contributed by atoms with Gasteiger partial charge in [0.05, 0.1) is 30.9 Å². The fraction of sp³-hybridized carbons (Fsp3) is 0.440. The number of hydrogen-bond acceptors (Lipinski definition) is 9. The minimum Gasteiger partial charge on any atom is -0.462 e. The molecule has 0 N–H and O–H groups in total. The first kappa shape index (κ1) is 22.9. The van der Waals surface area contributed by atoms with E-state index in [2.05, 4.69) is 0 Å². The minimum absolute atomic E-state index is 0.308. The predicted octanol–water partition coefficient (Wildman–Crippen LogP) is 3.29. The molecule has 0 radical (unpaired) electrons. The van der Waals surface area contributed by atoms with Crippen LogP contribution in [0.15, 0.2) is 48.5 Å². The number of carbonyl (C=O) groups is 2. The molecule has 0 spiro atoms. The molecule has 6 unspecified atom stereocenters. The lowest BCUT2D eigenvalue weighted by Crippen LogP contribution is -2.43. The summed E-state index contributed by atoms with van der Waals surface area (Å²) in [6.07, 6.45) is -2.95. The van der Waals surface area contributed by atoms with Gasteiger partial charge in [-0.25, -0.2) is 9.59 Å². The molecular formula is C25H26O9. The van der Waals surface area contributed by atoms with Gasteiger partial charge in [0, 0.05) is 11.1 Å². The number of rotatable bonds is 6. The van der Waals surface area contributed by atoms with Gasteiger partial charge in [-0.3, -0.25) is 0 Å². The third-order valence-corrected chi connectivity index (χ3v) is 5.89. The lowest BCUT2D eigenvalue weighted by atomic mass is 10.1. The van der Waals surface area contributed by atoms with Gasteiger partial charge in [0.1, 0.15) is 18.3 Å². The Bertz CT molecular complexity index is 1020. The molecule has 2 aromatic rings. The predicted molar refractivity (Wildman–Crippen MR) is 116 cm³/mol. The molecule has 3 heterocycles. The summed E-state index contributed by atoms with van der Waals surface area (Å²) in [4.78, 5) is 23.7. The molecule has 0 amide bonds. The van der Waals surface area contributed by atoms with Crippen LogP contribution in [0.4, 0.5) is 0 Å². The van der Waals surface area contributed by atoms with Gasteiger partial charge in [-0.15, -0.1) is 0 Å². The maximum absolute atomic E-state index is 11.9. The average Bonchev–Trinajstić information content (AvgIpc) is 3.42. The van der Waals surface area contributed by atoms with Crippen LogP contribution in [-0.4, -0.2) is 56.4 Å². The van der Waals surface area contributed by atoms with Crippen molar-refractivity contribution in [3.05, 3.63) is 70.8 Å². The molecule has 3 aliphatic rings. The van der Waals surface area contributed by atoms with Gasteiger partial charge in [-0.2, -0.15) is 0 Å². The van der Waals surface area contributed by atoms with Crippen molar-refractivity contribution in [1.29, 1.82) is 0 Å². The SMILES string of the molecule is CCOC(=O)c1ccc(C2OCC3OC4OC(c5ccc(C(=O)OCC)cc5)OC4C3O2)cc1. The molecule has 9 nitrogen and oxygen atoms in total. The van der Waals surface area contributed by atoms with Crippen LogP contribution in [-0.2, 0) is 33.2 Å². The van der Waals surface area contributed by atoms with Crippen molar-refractivity contribution < 1.29 is 42.7 Å². The lowest BCUT2D eigenvalue weighted by Gasteiger charge is -2.33. The Hall–Kier alpha value is -2.82. The summed E-state index contributed by atoms with van der Waals surface area (Å²) in [6, 6.07) is 13.8. The van der Waals surface area contributed by atoms with Crippen molar-refractivity contribution >= 4 is 11.9 Å². The largest absolute Gasteiger partial charge is 0.462 e. The summed E-state index contributed by atoms with van der Waals surface area (Å²) in [5, 5.41) is 0. The maximum Gasteiger partial charge on any atom is 0.338 e. The molecular weight excluding hydrogens is 444 g/mol. The highest BCUT2D eigenvalue weighted by Crippen LogP contribution is 2.43. The van der Waals surface area contributed by atoms with Crippen molar-refractivity contribution in [3.8, 4) is 0 Å². The van der Waals surface area contributed by atoms with E-state index in [0.29, 0.717) is 30.9 Å². The van der Waals surface area contributed by atoms with Gasteiger partial charge >= 0.3 is 11.9 Å². The summed E-state index contributed by atoms with van der Waals surface area (Å²) in [6.45, 7) is 4.49. The minimum atomic E-state index is -0.638. The van der Waals surface area contributed by atoms with Crippen molar-refractivity contribution in [3.63, 3.8) is 0 Å². The highest BCUT2D eigenvalue weighted by atomic mass is 16.8. The molecule has 3 fully saturated rings. The van der Waals surface area contributed by atoms with Gasteiger partial charge < -0.3 is 33.2 Å². The van der Waals surface area contributed by atoms with Crippen LogP contribution >= 0.6 is 0 Å². The Labute approximate surface area is 196 Å². The third kappa shape index (κ3) is 4.45. The van der Waals surface area contributed by atoms with E-state index in [1.54, 1.807) is 62.4 Å². The van der Waals surface area contributed by atoms with Crippen LogP contribution in [0.1, 0.15) is 58.3 Å². The molecule has 3 saturated heterocycles. The van der Waals surface area contributed by atoms with E-state index in [9.17, 15) is 9.59 Å². The number of carbonyl (C=O) groups excluding carboxylic acids is 2. The van der Waals surface area contributed by atoms with Gasteiger partial charge in [0.2, 0.25) is 0 Å². The van der Waals surface area contributed by atoms with E-state index in [1.807, 2.05) is 0 Å². The van der Waals surface area contributed by atoms with Crippen LogP contribution in [0.25, 0.3) is 0 Å². The smallest absolute Gasteiger partial charge is 0.338 e. The van der Waals surface area contributed by atoms with Crippen molar-refractivity contribution in [1.82, 2.24) is 0 Å². The summed E-state index contributed by atoms with van der Waals surface area (Å²) >= 11 is 0. The summed E-state index contributed by atoms with van der Waals surface area (Å²) in [5.74, 6) is -0.744. The Balaban J connectivity index is 1.23. The Morgan fingerprint density at radius 3 is 1.82 bits per heavy atom. The monoisotopic (exact) mass is 470 g/mol. The quantitative estimate of drug-likeness (QED) is 0.589. The average molecular weight is 470 g/mol. The second-order valence-electron chi connectivity index (χ2n) is 8.06. The fourth-order valence-electron chi connectivity index (χ4n) is 4.22. The molecule has 180 valence electrons. The van der Waals surface area contributed by atoms with Gasteiger partial charge in [0.25, 0.3) is 0 Å². The van der Waals surface area contributed by atoms with Crippen LogP contribution in [0.3, 0.4) is 0 Å². The lowest BCUT2D eigenvalue weighted by molar-refractivity contribution is -0.273. The number of fused-ring (bicyclic) bond motifs is 3. The van der Waals surface area contributed by atoms with Crippen LogP contribution < -0.4 is 0 Å². The van der Waals surface area contributed by atoms with Gasteiger partial charge in [-0.05, 0) is 38.1 Å². The number of esters is 2. The van der Waals surface area contributed by atoms with Crippen molar-refractivity contribution in [2.75, 3.05) is 19.8 Å². The molecule has 0 saturated carbocycles. The van der Waals surface area contributed by atoms with E-state index < -0.39 is 25.0 Å². The first-order chi connectivity index (χ1) is 16.6. The third-order valence-electron chi connectivity index (χ3n) is 5.89. The Kier molecular flexibility index (Phi) is 6.62. The van der Waals surface area contributed by atoms with Crippen LogP contribution in [0.2, 0.25) is 0 Å². The first-order valence-electron chi connectivity index (χ1n) is 11.3. The molecule has 0 bridgehead atoms. The van der Waals surface area contributed by atoms with E-state index in [4.69, 9.17) is 33.2 Å².